The molecule has 0 saturated heterocycles. The normalized spacial score (nSPS) is 21.3. The lowest BCUT2D eigenvalue weighted by Crippen LogP contribution is -2.16. The third-order valence-electron chi connectivity index (χ3n) is 4.56. The van der Waals surface area contributed by atoms with Gasteiger partial charge in [0.15, 0.2) is 11.5 Å². The van der Waals surface area contributed by atoms with Gasteiger partial charge in [-0.15, -0.1) is 11.3 Å². The third kappa shape index (κ3) is 3.29. The van der Waals surface area contributed by atoms with Gasteiger partial charge < -0.3 is 14.8 Å². The lowest BCUT2D eigenvalue weighted by Gasteiger charge is -2.18. The van der Waals surface area contributed by atoms with Crippen molar-refractivity contribution in [3.8, 4) is 11.5 Å². The number of sulfonamides is 1. The second-order valence-corrected chi connectivity index (χ2v) is 9.47. The fourth-order valence-electron chi connectivity index (χ4n) is 3.09. The van der Waals surface area contributed by atoms with Crippen LogP contribution < -0.4 is 19.9 Å². The Balaban J connectivity index is 1.46. The summed E-state index contributed by atoms with van der Waals surface area (Å²) in [5, 5.41) is 7.97. The van der Waals surface area contributed by atoms with Crippen molar-refractivity contribution in [3.63, 3.8) is 0 Å². The standard InChI is InChI=1S/C17H18N2O5S2/c1-9-13(8-16(25-9)26(18,21)22)19-17(20)12-7-11(12)10-2-3-14-15(6-10)24-5-4-23-14/h2-3,6,8,11-12H,4-5,7H2,1H3,(H,19,20)(H2,18,21,22). The van der Waals surface area contributed by atoms with Crippen molar-refractivity contribution in [1.29, 1.82) is 0 Å². The number of benzene rings is 1. The van der Waals surface area contributed by atoms with Gasteiger partial charge in [-0.2, -0.15) is 0 Å². The molecule has 0 bridgehead atoms. The maximum absolute atomic E-state index is 12.5. The molecule has 1 aromatic carbocycles. The molecule has 7 nitrogen and oxygen atoms in total. The Morgan fingerprint density at radius 2 is 1.96 bits per heavy atom. The van der Waals surface area contributed by atoms with Crippen LogP contribution in [0.3, 0.4) is 0 Å². The number of hydrogen-bond donors (Lipinski definition) is 2. The quantitative estimate of drug-likeness (QED) is 0.827. The first-order valence-electron chi connectivity index (χ1n) is 8.16. The zero-order chi connectivity index (χ0) is 18.5. The van der Waals surface area contributed by atoms with Gasteiger partial charge >= 0.3 is 0 Å². The minimum Gasteiger partial charge on any atom is -0.486 e. The summed E-state index contributed by atoms with van der Waals surface area (Å²) >= 11 is 1.05. The number of fused-ring (bicyclic) bond motifs is 1. The van der Waals surface area contributed by atoms with Crippen molar-refractivity contribution in [2.24, 2.45) is 11.1 Å². The van der Waals surface area contributed by atoms with Crippen molar-refractivity contribution in [3.05, 3.63) is 34.7 Å². The number of anilines is 1. The number of amides is 1. The molecule has 138 valence electrons. The molecule has 0 radical (unpaired) electrons. The summed E-state index contributed by atoms with van der Waals surface area (Å²) in [5.41, 5.74) is 1.54. The van der Waals surface area contributed by atoms with E-state index >= 15 is 0 Å². The summed E-state index contributed by atoms with van der Waals surface area (Å²) in [5.74, 6) is 1.31. The summed E-state index contributed by atoms with van der Waals surface area (Å²) in [6.45, 7) is 2.82. The van der Waals surface area contributed by atoms with Crippen LogP contribution in [0, 0.1) is 12.8 Å². The molecule has 2 heterocycles. The van der Waals surface area contributed by atoms with Gasteiger partial charge in [0.25, 0.3) is 0 Å². The number of rotatable bonds is 4. The summed E-state index contributed by atoms with van der Waals surface area (Å²) in [6, 6.07) is 7.18. The van der Waals surface area contributed by atoms with Crippen LogP contribution in [0.1, 0.15) is 22.8 Å². The number of nitrogens with one attached hydrogen (secondary N) is 1. The van der Waals surface area contributed by atoms with E-state index in [1.165, 1.54) is 6.07 Å². The molecule has 26 heavy (non-hydrogen) atoms. The molecular formula is C17H18N2O5S2. The van der Waals surface area contributed by atoms with Gasteiger partial charge in [0.2, 0.25) is 15.9 Å². The van der Waals surface area contributed by atoms with Crippen LogP contribution in [0.25, 0.3) is 0 Å². The van der Waals surface area contributed by atoms with E-state index in [0.29, 0.717) is 29.5 Å². The van der Waals surface area contributed by atoms with Gasteiger partial charge in [0.1, 0.15) is 17.4 Å². The summed E-state index contributed by atoms with van der Waals surface area (Å²) < 4.78 is 34.0. The van der Waals surface area contributed by atoms with Gasteiger partial charge in [-0.1, -0.05) is 6.07 Å². The highest BCUT2D eigenvalue weighted by Gasteiger charge is 2.44. The molecule has 2 aromatic rings. The van der Waals surface area contributed by atoms with Crippen LogP contribution in [0.4, 0.5) is 5.69 Å². The zero-order valence-electron chi connectivity index (χ0n) is 14.0. The summed E-state index contributed by atoms with van der Waals surface area (Å²) in [7, 11) is -3.77. The number of carbonyl (C=O) groups excluding carboxylic acids is 1. The minimum atomic E-state index is -3.77. The molecule has 1 saturated carbocycles. The van der Waals surface area contributed by atoms with Crippen molar-refractivity contribution >= 4 is 33.0 Å². The lowest BCUT2D eigenvalue weighted by molar-refractivity contribution is -0.117. The summed E-state index contributed by atoms with van der Waals surface area (Å²) in [6.07, 6.45) is 0.747. The molecule has 4 rings (SSSR count). The van der Waals surface area contributed by atoms with E-state index < -0.39 is 10.0 Å². The fraction of sp³-hybridized carbons (Fsp3) is 0.353. The van der Waals surface area contributed by atoms with Crippen LogP contribution in [0.15, 0.2) is 28.5 Å². The van der Waals surface area contributed by atoms with Gasteiger partial charge in [0.05, 0.1) is 5.69 Å². The Morgan fingerprint density at radius 1 is 1.23 bits per heavy atom. The average Bonchev–Trinajstić information content (AvgIpc) is 3.32. The Labute approximate surface area is 155 Å². The van der Waals surface area contributed by atoms with Crippen LogP contribution in [0.2, 0.25) is 0 Å². The maximum Gasteiger partial charge on any atom is 0.247 e. The smallest absolute Gasteiger partial charge is 0.247 e. The maximum atomic E-state index is 12.5. The number of aryl methyl sites for hydroxylation is 1. The molecule has 9 heteroatoms. The Hall–Kier alpha value is -2.10. The van der Waals surface area contributed by atoms with Crippen molar-refractivity contribution < 1.29 is 22.7 Å². The predicted molar refractivity (Wildman–Crippen MR) is 97.3 cm³/mol. The molecule has 2 atom stereocenters. The third-order valence-corrected chi connectivity index (χ3v) is 7.03. The van der Waals surface area contributed by atoms with E-state index in [1.807, 2.05) is 18.2 Å². The second kappa shape index (κ2) is 6.26. The molecular weight excluding hydrogens is 376 g/mol. The van der Waals surface area contributed by atoms with E-state index in [2.05, 4.69) is 5.32 Å². The van der Waals surface area contributed by atoms with E-state index in [9.17, 15) is 13.2 Å². The average molecular weight is 394 g/mol. The van der Waals surface area contributed by atoms with Crippen LogP contribution in [-0.2, 0) is 14.8 Å². The number of nitrogens with two attached hydrogens (primary N) is 1. The first kappa shape index (κ1) is 17.3. The topological polar surface area (TPSA) is 108 Å². The fourth-order valence-corrected chi connectivity index (χ4v) is 4.91. The summed E-state index contributed by atoms with van der Waals surface area (Å²) in [4.78, 5) is 13.2. The zero-order valence-corrected chi connectivity index (χ0v) is 15.7. The number of primary sulfonamides is 1. The lowest BCUT2D eigenvalue weighted by atomic mass is 10.1. The first-order valence-corrected chi connectivity index (χ1v) is 10.5. The van der Waals surface area contributed by atoms with Gasteiger partial charge in [0, 0.05) is 10.8 Å². The molecule has 3 N–H and O–H groups in total. The predicted octanol–water partition coefficient (Wildman–Crippen LogP) is 2.22. The molecule has 1 aliphatic carbocycles. The first-order chi connectivity index (χ1) is 12.3. The van der Waals surface area contributed by atoms with E-state index in [1.54, 1.807) is 6.92 Å². The van der Waals surface area contributed by atoms with Gasteiger partial charge in [-0.25, -0.2) is 13.6 Å². The minimum absolute atomic E-state index is 0.0458. The molecule has 0 spiro atoms. The molecule has 2 unspecified atom stereocenters. The number of hydrogen-bond acceptors (Lipinski definition) is 6. The van der Waals surface area contributed by atoms with E-state index in [-0.39, 0.29) is 22.0 Å². The molecule has 1 aromatic heterocycles. The highest BCUT2D eigenvalue weighted by Crippen LogP contribution is 2.50. The van der Waals surface area contributed by atoms with Crippen LogP contribution in [-0.4, -0.2) is 27.5 Å². The van der Waals surface area contributed by atoms with Crippen LogP contribution in [0.5, 0.6) is 11.5 Å². The van der Waals surface area contributed by atoms with Crippen molar-refractivity contribution in [2.45, 2.75) is 23.5 Å². The molecule has 1 fully saturated rings. The highest BCUT2D eigenvalue weighted by molar-refractivity contribution is 7.91. The Bertz CT molecular complexity index is 983. The SMILES string of the molecule is Cc1sc(S(N)(=O)=O)cc1NC(=O)C1CC1c1ccc2c(c1)OCCO2. The largest absolute Gasteiger partial charge is 0.486 e. The van der Waals surface area contributed by atoms with Crippen LogP contribution >= 0.6 is 11.3 Å². The monoisotopic (exact) mass is 394 g/mol. The van der Waals surface area contributed by atoms with Gasteiger partial charge in [-0.3, -0.25) is 4.79 Å². The Morgan fingerprint density at radius 3 is 2.65 bits per heavy atom. The van der Waals surface area contributed by atoms with Gasteiger partial charge in [-0.05, 0) is 43.0 Å². The Kier molecular flexibility index (Phi) is 4.17. The van der Waals surface area contributed by atoms with Crippen molar-refractivity contribution in [2.75, 3.05) is 18.5 Å². The van der Waals surface area contributed by atoms with E-state index in [0.717, 1.165) is 29.1 Å². The molecule has 1 aliphatic heterocycles. The molecule has 1 amide bonds. The van der Waals surface area contributed by atoms with E-state index in [4.69, 9.17) is 14.6 Å². The highest BCUT2D eigenvalue weighted by atomic mass is 32.2. The second-order valence-electron chi connectivity index (χ2n) is 6.42. The number of thiophene rings is 1. The number of ether oxygens (including phenoxy) is 2. The van der Waals surface area contributed by atoms with Crippen molar-refractivity contribution in [1.82, 2.24) is 0 Å². The number of carbonyl (C=O) groups is 1. The molecule has 2 aliphatic rings.